The molecule has 0 aliphatic rings. The zero-order chi connectivity index (χ0) is 26.8. The number of Topliss-reactive ketones (excluding diaryl/α,β-unsaturated/α-hetero) is 2. The third-order valence-corrected chi connectivity index (χ3v) is 5.73. The molecule has 0 fully saturated rings. The van der Waals surface area contributed by atoms with Crippen molar-refractivity contribution in [2.24, 2.45) is 0 Å². The van der Waals surface area contributed by atoms with E-state index in [2.05, 4.69) is 21.2 Å². The fourth-order valence-electron chi connectivity index (χ4n) is 3.19. The van der Waals surface area contributed by atoms with E-state index in [4.69, 9.17) is 9.47 Å². The van der Waals surface area contributed by atoms with Crippen molar-refractivity contribution >= 4 is 51.0 Å². The lowest BCUT2D eigenvalue weighted by Gasteiger charge is -2.12. The lowest BCUT2D eigenvalue weighted by molar-refractivity contribution is -0.143. The molecule has 0 radical (unpaired) electrons. The number of ether oxygens (including phenoxy) is 2. The second kappa shape index (κ2) is 13.3. The number of benzene rings is 3. The van der Waals surface area contributed by atoms with Gasteiger partial charge in [-0.05, 0) is 43.3 Å². The number of nitrogens with one attached hydrogen (secondary N) is 1. The minimum absolute atomic E-state index is 0.145. The van der Waals surface area contributed by atoms with E-state index in [9.17, 15) is 24.0 Å². The summed E-state index contributed by atoms with van der Waals surface area (Å²) in [7, 11) is 0. The van der Waals surface area contributed by atoms with Gasteiger partial charge in [0.05, 0.1) is 12.0 Å². The van der Waals surface area contributed by atoms with Crippen LogP contribution in [0.25, 0.3) is 0 Å². The third kappa shape index (κ3) is 8.50. The Morgan fingerprint density at radius 3 is 2.05 bits per heavy atom. The molecule has 1 N–H and O–H groups in total. The number of hydrogen-bond donors (Lipinski definition) is 1. The van der Waals surface area contributed by atoms with Crippen LogP contribution in [0.2, 0.25) is 0 Å². The smallest absolute Gasteiger partial charge is 0.338 e. The van der Waals surface area contributed by atoms with Gasteiger partial charge in [0.2, 0.25) is 11.7 Å². The first-order chi connectivity index (χ1) is 17.7. The molecule has 0 aliphatic carbocycles. The highest BCUT2D eigenvalue weighted by Crippen LogP contribution is 2.14. The number of esters is 2. The molecule has 190 valence electrons. The van der Waals surface area contributed by atoms with E-state index < -0.39 is 30.6 Å². The molecule has 0 saturated heterocycles. The lowest BCUT2D eigenvalue weighted by Crippen LogP contribution is -2.24. The number of carbonyl (C=O) groups excluding carboxylic acids is 5. The topological polar surface area (TPSA) is 116 Å². The van der Waals surface area contributed by atoms with Crippen molar-refractivity contribution < 1.29 is 33.4 Å². The summed E-state index contributed by atoms with van der Waals surface area (Å²) in [4.78, 5) is 60.9. The van der Waals surface area contributed by atoms with Crippen molar-refractivity contribution in [1.29, 1.82) is 0 Å². The molecule has 0 heterocycles. The standard InChI is InChI=1S/C28H24BrNO7/c1-18(27(34)20-5-3-2-4-6-20)37-28(35)21-9-13-23(14-10-21)30-25(32)15-16-26(33)36-17-24(31)19-7-11-22(29)12-8-19/h2-14,18H,15-17H2,1H3,(H,30,32). The average molecular weight is 566 g/mol. The molecule has 0 saturated carbocycles. The van der Waals surface area contributed by atoms with Gasteiger partial charge in [-0.2, -0.15) is 0 Å². The number of rotatable bonds is 11. The first-order valence-electron chi connectivity index (χ1n) is 11.4. The molecule has 8 nitrogen and oxygen atoms in total. The SMILES string of the molecule is CC(OC(=O)c1ccc(NC(=O)CCC(=O)OCC(=O)c2ccc(Br)cc2)cc1)C(=O)c1ccccc1. The molecule has 3 aromatic rings. The Labute approximate surface area is 222 Å². The molecule has 3 aromatic carbocycles. The molecular weight excluding hydrogens is 542 g/mol. The maximum Gasteiger partial charge on any atom is 0.338 e. The van der Waals surface area contributed by atoms with Crippen LogP contribution >= 0.6 is 15.9 Å². The van der Waals surface area contributed by atoms with Gasteiger partial charge in [0.25, 0.3) is 0 Å². The van der Waals surface area contributed by atoms with E-state index in [1.54, 1.807) is 54.6 Å². The highest BCUT2D eigenvalue weighted by atomic mass is 79.9. The Morgan fingerprint density at radius 2 is 1.41 bits per heavy atom. The summed E-state index contributed by atoms with van der Waals surface area (Å²) in [5, 5.41) is 2.62. The first kappa shape index (κ1) is 27.5. The van der Waals surface area contributed by atoms with Crippen molar-refractivity contribution in [1.82, 2.24) is 0 Å². The third-order valence-electron chi connectivity index (χ3n) is 5.20. The summed E-state index contributed by atoms with van der Waals surface area (Å²) in [6.45, 7) is 1.10. The lowest BCUT2D eigenvalue weighted by atomic mass is 10.1. The van der Waals surface area contributed by atoms with Gasteiger partial charge >= 0.3 is 11.9 Å². The van der Waals surface area contributed by atoms with Crippen LogP contribution in [0.3, 0.4) is 0 Å². The van der Waals surface area contributed by atoms with Crippen LogP contribution < -0.4 is 5.32 Å². The minimum atomic E-state index is -0.959. The van der Waals surface area contributed by atoms with Gasteiger partial charge in [-0.1, -0.05) is 58.4 Å². The number of halogens is 1. The van der Waals surface area contributed by atoms with Crippen LogP contribution in [0, 0.1) is 0 Å². The second-order valence-corrected chi connectivity index (χ2v) is 8.91. The number of carbonyl (C=O) groups is 5. The number of ketones is 2. The Hall–Kier alpha value is -4.11. The van der Waals surface area contributed by atoms with E-state index >= 15 is 0 Å². The summed E-state index contributed by atoms with van der Waals surface area (Å²) < 4.78 is 11.0. The summed E-state index contributed by atoms with van der Waals surface area (Å²) in [6.07, 6.45) is -1.30. The Morgan fingerprint density at radius 1 is 0.784 bits per heavy atom. The van der Waals surface area contributed by atoms with Gasteiger partial charge in [-0.15, -0.1) is 0 Å². The normalized spacial score (nSPS) is 11.2. The maximum atomic E-state index is 12.4. The quantitative estimate of drug-likeness (QED) is 0.256. The van der Waals surface area contributed by atoms with Gasteiger partial charge in [0.15, 0.2) is 18.5 Å². The van der Waals surface area contributed by atoms with Crippen molar-refractivity contribution in [3.8, 4) is 0 Å². The second-order valence-electron chi connectivity index (χ2n) is 7.99. The summed E-state index contributed by atoms with van der Waals surface area (Å²) in [5.74, 6) is -2.43. The first-order valence-corrected chi connectivity index (χ1v) is 12.2. The van der Waals surface area contributed by atoms with Crippen LogP contribution in [0.4, 0.5) is 5.69 Å². The molecular formula is C28H24BrNO7. The summed E-state index contributed by atoms with van der Waals surface area (Å²) >= 11 is 3.28. The van der Waals surface area contributed by atoms with Crippen LogP contribution in [0.5, 0.6) is 0 Å². The largest absolute Gasteiger partial charge is 0.457 e. The molecule has 1 atom stereocenters. The maximum absolute atomic E-state index is 12.4. The number of anilines is 1. The molecule has 0 bridgehead atoms. The molecule has 1 unspecified atom stereocenters. The Bertz CT molecular complexity index is 1270. The van der Waals surface area contributed by atoms with E-state index in [1.165, 1.54) is 31.2 Å². The molecule has 1 amide bonds. The van der Waals surface area contributed by atoms with Gasteiger partial charge in [-0.3, -0.25) is 19.2 Å². The van der Waals surface area contributed by atoms with E-state index in [0.29, 0.717) is 16.8 Å². The van der Waals surface area contributed by atoms with Crippen LogP contribution in [0.15, 0.2) is 83.3 Å². The Kier molecular flexibility index (Phi) is 9.85. The predicted octanol–water partition coefficient (Wildman–Crippen LogP) is 5.02. The summed E-state index contributed by atoms with van der Waals surface area (Å²) in [5.41, 5.74) is 1.48. The van der Waals surface area contributed by atoms with E-state index in [-0.39, 0.29) is 30.0 Å². The van der Waals surface area contributed by atoms with Gasteiger partial charge < -0.3 is 14.8 Å². The molecule has 3 rings (SSSR count). The molecule has 0 aliphatic heterocycles. The van der Waals surface area contributed by atoms with Crippen molar-refractivity contribution in [3.05, 3.63) is 100 Å². The van der Waals surface area contributed by atoms with Crippen molar-refractivity contribution in [2.75, 3.05) is 11.9 Å². The van der Waals surface area contributed by atoms with Gasteiger partial charge in [-0.25, -0.2) is 4.79 Å². The number of hydrogen-bond acceptors (Lipinski definition) is 7. The fourth-order valence-corrected chi connectivity index (χ4v) is 3.45. The molecule has 37 heavy (non-hydrogen) atoms. The zero-order valence-electron chi connectivity index (χ0n) is 19.9. The summed E-state index contributed by atoms with van der Waals surface area (Å²) in [6, 6.07) is 21.1. The van der Waals surface area contributed by atoms with Gasteiger partial charge in [0.1, 0.15) is 0 Å². The molecule has 9 heteroatoms. The number of amides is 1. The van der Waals surface area contributed by atoms with E-state index in [1.807, 2.05) is 0 Å². The average Bonchev–Trinajstić information content (AvgIpc) is 2.91. The van der Waals surface area contributed by atoms with Crippen LogP contribution in [-0.4, -0.2) is 42.1 Å². The van der Waals surface area contributed by atoms with Gasteiger partial charge in [0, 0.05) is 27.7 Å². The van der Waals surface area contributed by atoms with Crippen LogP contribution in [-0.2, 0) is 19.1 Å². The van der Waals surface area contributed by atoms with Crippen molar-refractivity contribution in [3.63, 3.8) is 0 Å². The Balaban J connectivity index is 1.41. The van der Waals surface area contributed by atoms with E-state index in [0.717, 1.165) is 4.47 Å². The molecule has 0 spiro atoms. The van der Waals surface area contributed by atoms with Crippen LogP contribution in [0.1, 0.15) is 50.8 Å². The monoisotopic (exact) mass is 565 g/mol. The highest BCUT2D eigenvalue weighted by molar-refractivity contribution is 9.10. The van der Waals surface area contributed by atoms with Crippen molar-refractivity contribution in [2.45, 2.75) is 25.9 Å². The fraction of sp³-hybridized carbons (Fsp3) is 0.179. The minimum Gasteiger partial charge on any atom is -0.457 e. The highest BCUT2D eigenvalue weighted by Gasteiger charge is 2.20. The predicted molar refractivity (Wildman–Crippen MR) is 139 cm³/mol. The molecule has 0 aromatic heterocycles. The zero-order valence-corrected chi connectivity index (χ0v) is 21.5.